The zero-order valence-corrected chi connectivity index (χ0v) is 13.5. The molecule has 0 unspecified atom stereocenters. The van der Waals surface area contributed by atoms with E-state index in [0.717, 1.165) is 49.3 Å². The van der Waals surface area contributed by atoms with Gasteiger partial charge >= 0.3 is 5.97 Å². The Hall–Kier alpha value is -1.47. The monoisotopic (exact) mass is 323 g/mol. The molecule has 7 heteroatoms. The summed E-state index contributed by atoms with van der Waals surface area (Å²) < 4.78 is 0. The lowest BCUT2D eigenvalue weighted by Gasteiger charge is -2.33. The molecule has 2 heterocycles. The molecular formula is C15H21N3O3S. The minimum Gasteiger partial charge on any atom is -0.480 e. The summed E-state index contributed by atoms with van der Waals surface area (Å²) >= 11 is 1.39. The summed E-state index contributed by atoms with van der Waals surface area (Å²) in [6, 6.07) is 0. The standard InChI is InChI=1S/C15H21N3O3S/c1-18-8-5-10-11(9-18)22-13(16-10)12(19)17-15(14(20)21)6-3-2-4-7-15/h2-9H2,1H3,(H,17,19)(H,20,21). The van der Waals surface area contributed by atoms with Gasteiger partial charge in [0.15, 0.2) is 5.01 Å². The molecule has 0 radical (unpaired) electrons. The number of aromatic nitrogens is 1. The van der Waals surface area contributed by atoms with Crippen molar-refractivity contribution in [1.82, 2.24) is 15.2 Å². The number of carbonyl (C=O) groups excluding carboxylic acids is 1. The Morgan fingerprint density at radius 2 is 2.05 bits per heavy atom. The van der Waals surface area contributed by atoms with Crippen molar-refractivity contribution >= 4 is 23.2 Å². The number of fused-ring (bicyclic) bond motifs is 1. The molecule has 1 aliphatic carbocycles. The van der Waals surface area contributed by atoms with E-state index >= 15 is 0 Å². The van der Waals surface area contributed by atoms with Gasteiger partial charge in [0.1, 0.15) is 5.54 Å². The Balaban J connectivity index is 1.77. The number of carboxylic acid groups (broad SMARTS) is 1. The normalized spacial score (nSPS) is 21.1. The number of carbonyl (C=O) groups is 2. The molecule has 0 atom stereocenters. The number of carboxylic acids is 1. The second-order valence-corrected chi connectivity index (χ2v) is 7.36. The van der Waals surface area contributed by atoms with Crippen LogP contribution in [0.15, 0.2) is 0 Å². The van der Waals surface area contributed by atoms with Crippen molar-refractivity contribution in [3.8, 4) is 0 Å². The summed E-state index contributed by atoms with van der Waals surface area (Å²) in [5, 5.41) is 12.7. The van der Waals surface area contributed by atoms with E-state index in [1.165, 1.54) is 11.3 Å². The molecule has 0 aromatic carbocycles. The predicted molar refractivity (Wildman–Crippen MR) is 83.1 cm³/mol. The summed E-state index contributed by atoms with van der Waals surface area (Å²) in [7, 11) is 2.05. The van der Waals surface area contributed by atoms with E-state index in [9.17, 15) is 14.7 Å². The van der Waals surface area contributed by atoms with Crippen LogP contribution in [0.3, 0.4) is 0 Å². The average molecular weight is 323 g/mol. The topological polar surface area (TPSA) is 82.5 Å². The second kappa shape index (κ2) is 5.96. The van der Waals surface area contributed by atoms with Crippen LogP contribution in [0.4, 0.5) is 0 Å². The molecule has 1 aromatic heterocycles. The number of thiazole rings is 1. The molecule has 0 bridgehead atoms. The van der Waals surface area contributed by atoms with Gasteiger partial charge in [-0.25, -0.2) is 9.78 Å². The molecule has 0 spiro atoms. The van der Waals surface area contributed by atoms with Crippen molar-refractivity contribution in [2.45, 2.75) is 50.6 Å². The summed E-state index contributed by atoms with van der Waals surface area (Å²) in [5.74, 6) is -1.27. The third-order valence-corrected chi connectivity index (χ3v) is 5.67. The SMILES string of the molecule is CN1CCc2nc(C(=O)NC3(C(=O)O)CCCCC3)sc2C1. The number of nitrogens with zero attached hydrogens (tertiary/aromatic N) is 2. The third-order valence-electron chi connectivity index (χ3n) is 4.59. The quantitative estimate of drug-likeness (QED) is 0.884. The molecule has 1 amide bonds. The molecule has 6 nitrogen and oxygen atoms in total. The van der Waals surface area contributed by atoms with Crippen LogP contribution in [0.5, 0.6) is 0 Å². The maximum Gasteiger partial charge on any atom is 0.329 e. The molecular weight excluding hydrogens is 302 g/mol. The summed E-state index contributed by atoms with van der Waals surface area (Å²) in [6.45, 7) is 1.75. The first-order valence-electron chi connectivity index (χ1n) is 7.73. The number of nitrogens with one attached hydrogen (secondary N) is 1. The lowest BCUT2D eigenvalue weighted by Crippen LogP contribution is -2.55. The summed E-state index contributed by atoms with van der Waals surface area (Å²) in [5.41, 5.74) is -0.126. The molecule has 1 saturated carbocycles. The number of rotatable bonds is 3. The third kappa shape index (κ3) is 2.87. The van der Waals surface area contributed by atoms with Gasteiger partial charge < -0.3 is 15.3 Å². The number of hydrogen-bond donors (Lipinski definition) is 2. The second-order valence-electron chi connectivity index (χ2n) is 6.28. The first kappa shape index (κ1) is 15.4. The fourth-order valence-electron chi connectivity index (χ4n) is 3.24. The van der Waals surface area contributed by atoms with E-state index in [4.69, 9.17) is 0 Å². The molecule has 0 saturated heterocycles. The van der Waals surface area contributed by atoms with Gasteiger partial charge in [-0.1, -0.05) is 19.3 Å². The van der Waals surface area contributed by atoms with Gasteiger partial charge in [0.2, 0.25) is 0 Å². The molecule has 1 fully saturated rings. The Morgan fingerprint density at radius 1 is 1.32 bits per heavy atom. The molecule has 22 heavy (non-hydrogen) atoms. The predicted octanol–water partition coefficient (Wildman–Crippen LogP) is 1.65. The highest BCUT2D eigenvalue weighted by molar-refractivity contribution is 7.13. The molecule has 2 N–H and O–H groups in total. The molecule has 2 aliphatic rings. The van der Waals surface area contributed by atoms with E-state index in [0.29, 0.717) is 17.8 Å². The highest BCUT2D eigenvalue weighted by Crippen LogP contribution is 2.30. The minimum atomic E-state index is -1.11. The zero-order chi connectivity index (χ0) is 15.7. The van der Waals surface area contributed by atoms with Crippen LogP contribution in [0.2, 0.25) is 0 Å². The van der Waals surface area contributed by atoms with E-state index in [2.05, 4.69) is 15.2 Å². The number of likely N-dealkylation sites (N-methyl/N-ethyl adjacent to an activating group) is 1. The fraction of sp³-hybridized carbons (Fsp3) is 0.667. The van der Waals surface area contributed by atoms with Crippen LogP contribution >= 0.6 is 11.3 Å². The number of amides is 1. The number of hydrogen-bond acceptors (Lipinski definition) is 5. The van der Waals surface area contributed by atoms with Gasteiger partial charge in [0.25, 0.3) is 5.91 Å². The van der Waals surface area contributed by atoms with Crippen LogP contribution < -0.4 is 5.32 Å². The van der Waals surface area contributed by atoms with Crippen LogP contribution in [0.25, 0.3) is 0 Å². The van der Waals surface area contributed by atoms with Crippen molar-refractivity contribution in [1.29, 1.82) is 0 Å². The highest BCUT2D eigenvalue weighted by Gasteiger charge is 2.41. The van der Waals surface area contributed by atoms with E-state index in [-0.39, 0.29) is 5.91 Å². The Labute approximate surface area is 133 Å². The van der Waals surface area contributed by atoms with Crippen LogP contribution in [-0.4, -0.2) is 46.0 Å². The first-order chi connectivity index (χ1) is 10.5. The largest absolute Gasteiger partial charge is 0.480 e. The Kier molecular flexibility index (Phi) is 4.18. The van der Waals surface area contributed by atoms with Gasteiger partial charge in [0, 0.05) is 24.4 Å². The lowest BCUT2D eigenvalue weighted by molar-refractivity contribution is -0.145. The van der Waals surface area contributed by atoms with Gasteiger partial charge in [0.05, 0.1) is 5.69 Å². The number of aliphatic carboxylic acids is 1. The van der Waals surface area contributed by atoms with Gasteiger partial charge in [-0.2, -0.15) is 0 Å². The zero-order valence-electron chi connectivity index (χ0n) is 12.7. The van der Waals surface area contributed by atoms with Crippen LogP contribution in [-0.2, 0) is 17.8 Å². The lowest BCUT2D eigenvalue weighted by atomic mass is 9.81. The van der Waals surface area contributed by atoms with Crippen molar-refractivity contribution in [2.24, 2.45) is 0 Å². The first-order valence-corrected chi connectivity index (χ1v) is 8.55. The Bertz CT molecular complexity index is 593. The molecule has 1 aliphatic heterocycles. The van der Waals surface area contributed by atoms with Crippen molar-refractivity contribution in [3.05, 3.63) is 15.6 Å². The van der Waals surface area contributed by atoms with Crippen LogP contribution in [0.1, 0.15) is 52.5 Å². The summed E-state index contributed by atoms with van der Waals surface area (Å²) in [6.07, 6.45) is 4.56. The van der Waals surface area contributed by atoms with Gasteiger partial charge in [-0.15, -0.1) is 11.3 Å². The smallest absolute Gasteiger partial charge is 0.329 e. The van der Waals surface area contributed by atoms with Gasteiger partial charge in [-0.3, -0.25) is 4.79 Å². The van der Waals surface area contributed by atoms with E-state index < -0.39 is 11.5 Å². The van der Waals surface area contributed by atoms with E-state index in [1.807, 2.05) is 7.05 Å². The fourth-order valence-corrected chi connectivity index (χ4v) is 4.32. The summed E-state index contributed by atoms with van der Waals surface area (Å²) in [4.78, 5) is 31.9. The van der Waals surface area contributed by atoms with Gasteiger partial charge in [-0.05, 0) is 19.9 Å². The van der Waals surface area contributed by atoms with Crippen molar-refractivity contribution < 1.29 is 14.7 Å². The van der Waals surface area contributed by atoms with Crippen molar-refractivity contribution in [3.63, 3.8) is 0 Å². The highest BCUT2D eigenvalue weighted by atomic mass is 32.1. The van der Waals surface area contributed by atoms with Crippen LogP contribution in [0, 0.1) is 0 Å². The molecule has 120 valence electrons. The molecule has 3 rings (SSSR count). The van der Waals surface area contributed by atoms with E-state index in [1.54, 1.807) is 0 Å². The minimum absolute atomic E-state index is 0.341. The van der Waals surface area contributed by atoms with Crippen molar-refractivity contribution in [2.75, 3.05) is 13.6 Å². The maximum absolute atomic E-state index is 12.5. The Morgan fingerprint density at radius 3 is 2.73 bits per heavy atom. The average Bonchev–Trinajstić information content (AvgIpc) is 2.91. The maximum atomic E-state index is 12.5. The molecule has 1 aromatic rings.